The molecule has 1 N–H and O–H groups in total. The van der Waals surface area contributed by atoms with Crippen LogP contribution in [-0.4, -0.2) is 24.8 Å². The second kappa shape index (κ2) is 4.38. The first-order valence-electron chi connectivity index (χ1n) is 6.32. The van der Waals surface area contributed by atoms with Crippen molar-refractivity contribution < 1.29 is 13.7 Å². The number of aliphatic hydroxyl groups is 1. The molecule has 2 unspecified atom stereocenters. The third-order valence-corrected chi connectivity index (χ3v) is 6.22. The van der Waals surface area contributed by atoms with Crippen LogP contribution in [0.3, 0.4) is 0 Å². The van der Waals surface area contributed by atoms with Crippen molar-refractivity contribution in [3.05, 3.63) is 29.8 Å². The van der Waals surface area contributed by atoms with Crippen molar-refractivity contribution in [1.29, 1.82) is 0 Å². The molecule has 3 heterocycles. The fraction of sp³-hybridized carbons (Fsp3) is 0.615. The van der Waals surface area contributed by atoms with Gasteiger partial charge in [-0.3, -0.25) is 4.21 Å². The van der Waals surface area contributed by atoms with Crippen LogP contribution >= 0.6 is 0 Å². The first kappa shape index (κ1) is 12.2. The van der Waals surface area contributed by atoms with Gasteiger partial charge in [-0.1, -0.05) is 12.5 Å². The molecule has 2 bridgehead atoms. The summed E-state index contributed by atoms with van der Waals surface area (Å²) >= 11 is 0. The highest BCUT2D eigenvalue weighted by Crippen LogP contribution is 2.44. The Morgan fingerprint density at radius 1 is 1.33 bits per heavy atom. The van der Waals surface area contributed by atoms with E-state index in [1.807, 2.05) is 0 Å². The maximum absolute atomic E-state index is 12.8. The summed E-state index contributed by atoms with van der Waals surface area (Å²) in [5.74, 6) is -0.540. The summed E-state index contributed by atoms with van der Waals surface area (Å²) < 4.78 is 24.9. The van der Waals surface area contributed by atoms with E-state index in [2.05, 4.69) is 4.98 Å². The van der Waals surface area contributed by atoms with Crippen molar-refractivity contribution in [2.24, 2.45) is 0 Å². The number of pyridine rings is 1. The van der Waals surface area contributed by atoms with Gasteiger partial charge >= 0.3 is 0 Å². The van der Waals surface area contributed by atoms with Gasteiger partial charge < -0.3 is 5.11 Å². The van der Waals surface area contributed by atoms with Gasteiger partial charge in [0, 0.05) is 33.1 Å². The van der Waals surface area contributed by atoms with Crippen LogP contribution in [0, 0.1) is 5.95 Å². The molecule has 0 radical (unpaired) electrons. The van der Waals surface area contributed by atoms with Gasteiger partial charge in [-0.05, 0) is 31.7 Å². The Morgan fingerprint density at radius 2 is 2.00 bits per heavy atom. The molecule has 3 rings (SSSR count). The monoisotopic (exact) mass is 269 g/mol. The van der Waals surface area contributed by atoms with Gasteiger partial charge in [-0.15, -0.1) is 0 Å². The van der Waals surface area contributed by atoms with E-state index < -0.39 is 22.3 Å². The number of hydrogen-bond acceptors (Lipinski definition) is 3. The van der Waals surface area contributed by atoms with Crippen molar-refractivity contribution in [2.75, 3.05) is 0 Å². The minimum Gasteiger partial charge on any atom is -0.385 e. The minimum absolute atomic E-state index is 0.0764. The van der Waals surface area contributed by atoms with Crippen LogP contribution in [0.5, 0.6) is 0 Å². The third-order valence-electron chi connectivity index (χ3n) is 4.10. The highest BCUT2D eigenvalue weighted by atomic mass is 32.2. The van der Waals surface area contributed by atoms with E-state index in [9.17, 15) is 13.7 Å². The van der Waals surface area contributed by atoms with Crippen LogP contribution in [0.25, 0.3) is 0 Å². The summed E-state index contributed by atoms with van der Waals surface area (Å²) in [5.41, 5.74) is -0.331. The van der Waals surface area contributed by atoms with Crippen LogP contribution in [0.4, 0.5) is 4.39 Å². The second-order valence-corrected chi connectivity index (χ2v) is 7.30. The fourth-order valence-electron chi connectivity index (χ4n) is 3.17. The van der Waals surface area contributed by atoms with E-state index in [0.29, 0.717) is 18.4 Å². The van der Waals surface area contributed by atoms with Gasteiger partial charge in [0.15, 0.2) is 0 Å². The fourth-order valence-corrected chi connectivity index (χ4v) is 5.39. The minimum atomic E-state index is -0.982. The van der Waals surface area contributed by atoms with Crippen LogP contribution in [0.15, 0.2) is 18.3 Å². The van der Waals surface area contributed by atoms with Gasteiger partial charge in [-0.2, -0.15) is 4.39 Å². The van der Waals surface area contributed by atoms with E-state index >= 15 is 0 Å². The summed E-state index contributed by atoms with van der Waals surface area (Å²) in [5, 5.41) is 10.9. The molecule has 2 aliphatic heterocycles. The summed E-state index contributed by atoms with van der Waals surface area (Å²) in [4.78, 5) is 3.61. The van der Waals surface area contributed by atoms with Gasteiger partial charge in [0.1, 0.15) is 0 Å². The number of hydrogen-bond donors (Lipinski definition) is 1. The molecule has 2 atom stereocenters. The summed E-state index contributed by atoms with van der Waals surface area (Å²) in [6.45, 7) is 0. The Morgan fingerprint density at radius 3 is 2.56 bits per heavy atom. The van der Waals surface area contributed by atoms with Crippen LogP contribution in [-0.2, 0) is 16.4 Å². The zero-order chi connectivity index (χ0) is 12.8. The van der Waals surface area contributed by atoms with E-state index in [0.717, 1.165) is 19.3 Å². The molecule has 1 aromatic rings. The molecule has 0 saturated carbocycles. The lowest BCUT2D eigenvalue weighted by molar-refractivity contribution is 0.00614. The molecule has 0 aliphatic carbocycles. The van der Waals surface area contributed by atoms with E-state index in [-0.39, 0.29) is 10.5 Å². The van der Waals surface area contributed by atoms with Crippen LogP contribution in [0.1, 0.15) is 37.7 Å². The molecule has 0 amide bonds. The molecule has 2 fully saturated rings. The molecule has 2 saturated heterocycles. The molecule has 2 aliphatic rings. The highest BCUT2D eigenvalue weighted by Gasteiger charge is 2.46. The molecule has 1 aromatic heterocycles. The average molecular weight is 269 g/mol. The number of halogens is 1. The Labute approximate surface area is 108 Å². The Balaban J connectivity index is 1.91. The standard InChI is InChI=1S/C13H16FNO2S/c14-12-5-4-9(8-15-12)13(16)6-10-2-1-3-11(7-13)18(10)17/h4-5,8,10-11,16H,1-3,6-7H2. The number of rotatable bonds is 1. The van der Waals surface area contributed by atoms with Gasteiger partial charge in [0.25, 0.3) is 0 Å². The second-order valence-electron chi connectivity index (χ2n) is 5.31. The zero-order valence-corrected chi connectivity index (χ0v) is 10.8. The first-order chi connectivity index (χ1) is 8.58. The lowest BCUT2D eigenvalue weighted by Gasteiger charge is -2.43. The Kier molecular flexibility index (Phi) is 2.98. The summed E-state index contributed by atoms with van der Waals surface area (Å²) in [6, 6.07) is 2.86. The predicted molar refractivity (Wildman–Crippen MR) is 66.9 cm³/mol. The first-order valence-corrected chi connectivity index (χ1v) is 7.60. The van der Waals surface area contributed by atoms with E-state index in [4.69, 9.17) is 0 Å². The van der Waals surface area contributed by atoms with Crippen molar-refractivity contribution in [1.82, 2.24) is 4.98 Å². The maximum Gasteiger partial charge on any atom is 0.212 e. The molecular weight excluding hydrogens is 253 g/mol. The van der Waals surface area contributed by atoms with Gasteiger partial charge in [0.05, 0.1) is 5.60 Å². The molecule has 3 nitrogen and oxygen atoms in total. The quantitative estimate of drug-likeness (QED) is 0.792. The average Bonchev–Trinajstić information content (AvgIpc) is 2.32. The van der Waals surface area contributed by atoms with E-state index in [1.165, 1.54) is 12.3 Å². The number of aromatic nitrogens is 1. The topological polar surface area (TPSA) is 50.2 Å². The maximum atomic E-state index is 12.8. The van der Waals surface area contributed by atoms with Crippen LogP contribution in [0.2, 0.25) is 0 Å². The van der Waals surface area contributed by atoms with Crippen molar-refractivity contribution in [3.8, 4) is 0 Å². The lowest BCUT2D eigenvalue weighted by atomic mass is 9.81. The lowest BCUT2D eigenvalue weighted by Crippen LogP contribution is -2.47. The number of nitrogens with zero attached hydrogens (tertiary/aromatic N) is 1. The highest BCUT2D eigenvalue weighted by molar-refractivity contribution is 7.86. The molecule has 5 heteroatoms. The normalized spacial score (nSPS) is 39.6. The van der Waals surface area contributed by atoms with E-state index in [1.54, 1.807) is 6.07 Å². The van der Waals surface area contributed by atoms with Gasteiger partial charge in [0.2, 0.25) is 5.95 Å². The van der Waals surface area contributed by atoms with Crippen LogP contribution < -0.4 is 0 Å². The molecule has 98 valence electrons. The predicted octanol–water partition coefficient (Wildman–Crippen LogP) is 1.87. The van der Waals surface area contributed by atoms with Gasteiger partial charge in [-0.25, -0.2) is 4.98 Å². The van der Waals surface area contributed by atoms with Crippen molar-refractivity contribution in [3.63, 3.8) is 0 Å². The zero-order valence-electron chi connectivity index (χ0n) is 10.0. The largest absolute Gasteiger partial charge is 0.385 e. The summed E-state index contributed by atoms with van der Waals surface area (Å²) in [6.07, 6.45) is 5.34. The SMILES string of the molecule is O=S1C2CCCC1CC(O)(c1ccc(F)nc1)C2. The molecule has 0 spiro atoms. The summed E-state index contributed by atoms with van der Waals surface area (Å²) in [7, 11) is -0.815. The Hall–Kier alpha value is -0.810. The molecule has 0 aromatic carbocycles. The Bertz CT molecular complexity index is 460. The van der Waals surface area contributed by atoms with Crippen molar-refractivity contribution >= 4 is 10.8 Å². The third kappa shape index (κ3) is 1.99. The molecule has 18 heavy (non-hydrogen) atoms. The number of fused-ring (bicyclic) bond motifs is 2. The van der Waals surface area contributed by atoms with Crippen molar-refractivity contribution in [2.45, 2.75) is 48.2 Å². The molecular formula is C13H16FNO2S. The smallest absolute Gasteiger partial charge is 0.212 e.